The molecule has 0 spiro atoms. The van der Waals surface area contributed by atoms with Gasteiger partial charge in [0.15, 0.2) is 11.0 Å². The number of aryl methyl sites for hydroxylation is 1. The Balaban J connectivity index is 1.83. The number of methoxy groups -OCH3 is 1. The fraction of sp³-hybridized carbons (Fsp3) is 0.375. The molecular formula is C16H17ClN4O3. The maximum Gasteiger partial charge on any atom is 0.338 e. The van der Waals surface area contributed by atoms with Crippen LogP contribution in [0.4, 0.5) is 5.82 Å². The average Bonchev–Trinajstić information content (AvgIpc) is 3.36. The molecule has 0 saturated heterocycles. The highest BCUT2D eigenvalue weighted by Crippen LogP contribution is 2.32. The van der Waals surface area contributed by atoms with Gasteiger partial charge in [0.2, 0.25) is 5.91 Å². The van der Waals surface area contributed by atoms with E-state index in [0.29, 0.717) is 28.9 Å². The molecule has 1 aromatic heterocycles. The molecule has 1 heterocycles. The Morgan fingerprint density at radius 2 is 2.00 bits per heavy atom. The number of carbonyl (C=O) groups is 2. The molecule has 24 heavy (non-hydrogen) atoms. The zero-order valence-electron chi connectivity index (χ0n) is 13.4. The Labute approximate surface area is 143 Å². The van der Waals surface area contributed by atoms with Crippen molar-refractivity contribution < 1.29 is 14.3 Å². The van der Waals surface area contributed by atoms with Crippen molar-refractivity contribution in [1.29, 1.82) is 0 Å². The molecule has 0 bridgehead atoms. The molecule has 0 unspecified atom stereocenters. The van der Waals surface area contributed by atoms with E-state index in [0.717, 1.165) is 18.4 Å². The van der Waals surface area contributed by atoms with Crippen molar-refractivity contribution in [2.45, 2.75) is 26.2 Å². The number of anilines is 1. The van der Waals surface area contributed by atoms with E-state index in [9.17, 15) is 9.59 Å². The summed E-state index contributed by atoms with van der Waals surface area (Å²) in [6.07, 6.45) is 2.70. The first-order valence-corrected chi connectivity index (χ1v) is 7.96. The number of hydrazine groups is 1. The van der Waals surface area contributed by atoms with Crippen molar-refractivity contribution in [1.82, 2.24) is 15.4 Å². The lowest BCUT2D eigenvalue weighted by atomic mass is 10.1. The number of halogens is 1. The molecule has 2 aromatic rings. The zero-order chi connectivity index (χ0) is 17.3. The quantitative estimate of drug-likeness (QED) is 0.637. The van der Waals surface area contributed by atoms with Gasteiger partial charge in [-0.15, -0.1) is 0 Å². The van der Waals surface area contributed by atoms with Crippen LogP contribution in [-0.4, -0.2) is 29.0 Å². The Morgan fingerprint density at radius 3 is 2.67 bits per heavy atom. The summed E-state index contributed by atoms with van der Waals surface area (Å²) in [5, 5.41) is 0.105. The Hall–Kier alpha value is -2.41. The third-order valence-corrected chi connectivity index (χ3v) is 4.13. The third-order valence-electron chi connectivity index (χ3n) is 3.86. The molecule has 0 aliphatic heterocycles. The second-order valence-electron chi connectivity index (χ2n) is 5.83. The number of ether oxygens (including phenoxy) is 1. The van der Waals surface area contributed by atoms with E-state index in [-0.39, 0.29) is 16.9 Å². The van der Waals surface area contributed by atoms with Crippen molar-refractivity contribution in [2.24, 2.45) is 5.92 Å². The predicted octanol–water partition coefficient (Wildman–Crippen LogP) is 2.62. The lowest BCUT2D eigenvalue weighted by Gasteiger charge is -2.11. The van der Waals surface area contributed by atoms with Gasteiger partial charge in [0.25, 0.3) is 0 Å². The molecule has 1 aromatic carbocycles. The van der Waals surface area contributed by atoms with Crippen molar-refractivity contribution in [2.75, 3.05) is 12.5 Å². The van der Waals surface area contributed by atoms with E-state index in [1.54, 1.807) is 19.1 Å². The van der Waals surface area contributed by atoms with Gasteiger partial charge in [0.05, 0.1) is 23.7 Å². The number of carbonyl (C=O) groups excluding carboxylic acids is 2. The van der Waals surface area contributed by atoms with E-state index in [1.807, 2.05) is 0 Å². The van der Waals surface area contributed by atoms with E-state index < -0.39 is 5.97 Å². The van der Waals surface area contributed by atoms with Crippen molar-refractivity contribution in [3.05, 3.63) is 28.4 Å². The number of hydrogen-bond donors (Lipinski definition) is 2. The number of hydrogen-bond acceptors (Lipinski definition) is 6. The van der Waals surface area contributed by atoms with Crippen LogP contribution in [0.15, 0.2) is 12.1 Å². The van der Waals surface area contributed by atoms with Gasteiger partial charge in [0.1, 0.15) is 0 Å². The van der Waals surface area contributed by atoms with Crippen LogP contribution in [0.1, 0.15) is 35.2 Å². The number of rotatable bonds is 5. The summed E-state index contributed by atoms with van der Waals surface area (Å²) in [7, 11) is 1.32. The van der Waals surface area contributed by atoms with Gasteiger partial charge >= 0.3 is 5.97 Å². The molecule has 0 radical (unpaired) electrons. The Morgan fingerprint density at radius 1 is 1.29 bits per heavy atom. The number of fused-ring (bicyclic) bond motifs is 1. The highest BCUT2D eigenvalue weighted by atomic mass is 35.5. The van der Waals surface area contributed by atoms with Gasteiger partial charge in [-0.05, 0) is 43.4 Å². The van der Waals surface area contributed by atoms with Gasteiger partial charge in [-0.25, -0.2) is 14.8 Å². The second kappa shape index (κ2) is 6.60. The average molecular weight is 349 g/mol. The topological polar surface area (TPSA) is 93.2 Å². The van der Waals surface area contributed by atoms with Crippen LogP contribution in [0.2, 0.25) is 5.15 Å². The van der Waals surface area contributed by atoms with Gasteiger partial charge in [-0.2, -0.15) is 0 Å². The molecule has 1 aliphatic rings. The minimum atomic E-state index is -0.443. The van der Waals surface area contributed by atoms with Crippen LogP contribution in [0.5, 0.6) is 0 Å². The van der Waals surface area contributed by atoms with Crippen molar-refractivity contribution in [3.63, 3.8) is 0 Å². The predicted molar refractivity (Wildman–Crippen MR) is 89.7 cm³/mol. The first kappa shape index (κ1) is 16.4. The van der Waals surface area contributed by atoms with Crippen LogP contribution in [0, 0.1) is 12.8 Å². The normalized spacial score (nSPS) is 13.6. The van der Waals surface area contributed by atoms with Crippen molar-refractivity contribution >= 4 is 40.3 Å². The molecule has 8 heteroatoms. The lowest BCUT2D eigenvalue weighted by Crippen LogP contribution is -2.30. The number of aromatic nitrogens is 2. The third kappa shape index (κ3) is 3.56. The van der Waals surface area contributed by atoms with E-state index in [4.69, 9.17) is 16.3 Å². The largest absolute Gasteiger partial charge is 0.465 e. The summed E-state index contributed by atoms with van der Waals surface area (Å²) < 4.78 is 4.74. The number of benzene rings is 1. The van der Waals surface area contributed by atoms with Crippen molar-refractivity contribution in [3.8, 4) is 0 Å². The molecule has 0 atom stereocenters. The number of nitrogens with one attached hydrogen (secondary N) is 2. The standard InChI is InChI=1S/C16H17ClN4O3/c1-8-5-11-12(7-10(8)16(23)24-2)18-14(17)15(19-11)21-20-13(22)6-9-3-4-9/h5,7,9H,3-4,6H2,1-2H3,(H,19,21)(H,20,22). The van der Waals surface area contributed by atoms with Gasteiger partial charge < -0.3 is 4.74 Å². The number of esters is 1. The molecule has 1 amide bonds. The van der Waals surface area contributed by atoms with Crippen LogP contribution >= 0.6 is 11.6 Å². The summed E-state index contributed by atoms with van der Waals surface area (Å²) >= 11 is 6.11. The fourth-order valence-corrected chi connectivity index (χ4v) is 2.54. The first-order valence-electron chi connectivity index (χ1n) is 7.59. The maximum absolute atomic E-state index is 11.7. The zero-order valence-corrected chi connectivity index (χ0v) is 14.1. The summed E-state index contributed by atoms with van der Waals surface area (Å²) in [6, 6.07) is 3.31. The molecule has 1 aliphatic carbocycles. The number of amides is 1. The first-order chi connectivity index (χ1) is 11.5. The van der Waals surface area contributed by atoms with Crippen LogP contribution < -0.4 is 10.9 Å². The van der Waals surface area contributed by atoms with Crippen LogP contribution in [0.3, 0.4) is 0 Å². The summed E-state index contributed by atoms with van der Waals surface area (Å²) in [5.74, 6) is 0.206. The molecule has 2 N–H and O–H groups in total. The fourth-order valence-electron chi connectivity index (χ4n) is 2.36. The highest BCUT2D eigenvalue weighted by Gasteiger charge is 2.24. The second-order valence-corrected chi connectivity index (χ2v) is 6.19. The summed E-state index contributed by atoms with van der Waals surface area (Å²) in [4.78, 5) is 32.1. The monoisotopic (exact) mass is 348 g/mol. The van der Waals surface area contributed by atoms with Gasteiger partial charge in [-0.1, -0.05) is 11.6 Å². The minimum absolute atomic E-state index is 0.104. The smallest absolute Gasteiger partial charge is 0.338 e. The molecule has 3 rings (SSSR count). The van der Waals surface area contributed by atoms with E-state index in [2.05, 4.69) is 20.8 Å². The molecule has 7 nitrogen and oxygen atoms in total. The lowest BCUT2D eigenvalue weighted by molar-refractivity contribution is -0.120. The van der Waals surface area contributed by atoms with Gasteiger partial charge in [-0.3, -0.25) is 15.6 Å². The molecular weight excluding hydrogens is 332 g/mol. The van der Waals surface area contributed by atoms with Crippen LogP contribution in [-0.2, 0) is 9.53 Å². The molecule has 1 fully saturated rings. The molecule has 1 saturated carbocycles. The SMILES string of the molecule is COC(=O)c1cc2nc(Cl)c(NNC(=O)CC3CC3)nc2cc1C. The van der Waals surface area contributed by atoms with E-state index in [1.165, 1.54) is 7.11 Å². The minimum Gasteiger partial charge on any atom is -0.465 e. The summed E-state index contributed by atoms with van der Waals surface area (Å²) in [5.41, 5.74) is 7.45. The number of nitrogens with zero attached hydrogens (tertiary/aromatic N) is 2. The summed E-state index contributed by atoms with van der Waals surface area (Å²) in [6.45, 7) is 1.78. The van der Waals surface area contributed by atoms with E-state index >= 15 is 0 Å². The van der Waals surface area contributed by atoms with Crippen LogP contribution in [0.25, 0.3) is 11.0 Å². The highest BCUT2D eigenvalue weighted by molar-refractivity contribution is 6.32. The van der Waals surface area contributed by atoms with Gasteiger partial charge in [0, 0.05) is 6.42 Å². The maximum atomic E-state index is 11.7. The Kier molecular flexibility index (Phi) is 4.53. The Bertz CT molecular complexity index is 821. The molecule has 126 valence electrons.